The van der Waals surface area contributed by atoms with Crippen LogP contribution in [0.5, 0.6) is 0 Å². The third-order valence-corrected chi connectivity index (χ3v) is 2.32. The summed E-state index contributed by atoms with van der Waals surface area (Å²) < 4.78 is 0. The van der Waals surface area contributed by atoms with E-state index < -0.39 is 5.91 Å². The molecule has 0 aliphatic carbocycles. The number of nitrogens with one attached hydrogen (secondary N) is 1. The Morgan fingerprint density at radius 1 is 1.06 bits per heavy atom. The number of nitrogens with zero attached hydrogens (tertiary/aromatic N) is 4. The van der Waals surface area contributed by atoms with Gasteiger partial charge < -0.3 is 5.32 Å². The van der Waals surface area contributed by atoms with Gasteiger partial charge >= 0.3 is 0 Å². The first-order valence-corrected chi connectivity index (χ1v) is 5.67. The first-order chi connectivity index (χ1) is 8.54. The van der Waals surface area contributed by atoms with Gasteiger partial charge in [0.1, 0.15) is 21.8 Å². The van der Waals surface area contributed by atoms with Crippen LogP contribution in [0.2, 0.25) is 15.6 Å². The minimum absolute atomic E-state index is 0.0695. The van der Waals surface area contributed by atoms with Gasteiger partial charge in [-0.05, 0) is 11.6 Å². The summed E-state index contributed by atoms with van der Waals surface area (Å²) in [5.74, 6) is -0.341. The molecule has 0 aliphatic rings. The Balaban J connectivity index is 2.18. The number of rotatable bonds is 2. The summed E-state index contributed by atoms with van der Waals surface area (Å²) >= 11 is 16.8. The van der Waals surface area contributed by atoms with Gasteiger partial charge in [-0.2, -0.15) is 0 Å². The van der Waals surface area contributed by atoms with Gasteiger partial charge in [-0.25, -0.2) is 19.9 Å². The summed E-state index contributed by atoms with van der Waals surface area (Å²) in [7, 11) is 0. The van der Waals surface area contributed by atoms with Gasteiger partial charge in [0.05, 0.1) is 12.4 Å². The summed E-state index contributed by atoms with van der Waals surface area (Å²) in [6.45, 7) is 0. The molecule has 0 atom stereocenters. The Kier molecular flexibility index (Phi) is 3.90. The fourth-order valence-electron chi connectivity index (χ4n) is 1.06. The standard InChI is InChI=1S/C9H4Cl3N5O/c10-5-1-7(17-9(12)15-5)16-8(18)4-2-14-6(11)3-13-4/h1-3H,(H,15,16,17,18). The molecule has 0 aliphatic heterocycles. The third-order valence-electron chi connectivity index (χ3n) is 1.76. The van der Waals surface area contributed by atoms with Crippen LogP contribution in [-0.2, 0) is 0 Å². The molecule has 0 radical (unpaired) electrons. The molecule has 2 rings (SSSR count). The average Bonchev–Trinajstić information content (AvgIpc) is 2.28. The molecular formula is C9H4Cl3N5O. The highest BCUT2D eigenvalue weighted by Crippen LogP contribution is 2.15. The van der Waals surface area contributed by atoms with Crippen LogP contribution in [0.1, 0.15) is 10.5 Å². The van der Waals surface area contributed by atoms with Crippen molar-refractivity contribution in [2.45, 2.75) is 0 Å². The molecule has 6 nitrogen and oxygen atoms in total. The number of anilines is 1. The zero-order valence-corrected chi connectivity index (χ0v) is 10.8. The van der Waals surface area contributed by atoms with E-state index in [-0.39, 0.29) is 27.1 Å². The van der Waals surface area contributed by atoms with Crippen LogP contribution in [0.25, 0.3) is 0 Å². The summed E-state index contributed by atoms with van der Waals surface area (Å²) in [6, 6.07) is 1.36. The number of carbonyl (C=O) groups excluding carboxylic acids is 1. The van der Waals surface area contributed by atoms with Crippen molar-refractivity contribution in [3.8, 4) is 0 Å². The number of carbonyl (C=O) groups is 1. The maximum absolute atomic E-state index is 11.7. The predicted octanol–water partition coefficient (Wildman–Crippen LogP) is 2.48. The van der Waals surface area contributed by atoms with Gasteiger partial charge in [-0.15, -0.1) is 0 Å². The molecule has 1 amide bonds. The topological polar surface area (TPSA) is 80.7 Å². The van der Waals surface area contributed by atoms with Crippen LogP contribution in [0.4, 0.5) is 5.82 Å². The lowest BCUT2D eigenvalue weighted by molar-refractivity contribution is 0.102. The van der Waals surface area contributed by atoms with Gasteiger partial charge in [0.25, 0.3) is 5.91 Å². The van der Waals surface area contributed by atoms with E-state index in [1.165, 1.54) is 18.5 Å². The van der Waals surface area contributed by atoms with E-state index in [9.17, 15) is 4.79 Å². The highest BCUT2D eigenvalue weighted by atomic mass is 35.5. The number of halogens is 3. The van der Waals surface area contributed by atoms with Crippen molar-refractivity contribution < 1.29 is 4.79 Å². The molecule has 0 bridgehead atoms. The quantitative estimate of drug-likeness (QED) is 0.681. The number of hydrogen-bond donors (Lipinski definition) is 1. The molecule has 0 saturated heterocycles. The minimum atomic E-state index is -0.509. The summed E-state index contributed by atoms with van der Waals surface area (Å²) in [5.41, 5.74) is 0.0882. The Labute approximate surface area is 116 Å². The summed E-state index contributed by atoms with van der Waals surface area (Å²) in [4.78, 5) is 26.7. The van der Waals surface area contributed by atoms with Crippen molar-refractivity contribution in [3.63, 3.8) is 0 Å². The van der Waals surface area contributed by atoms with E-state index >= 15 is 0 Å². The second-order valence-corrected chi connectivity index (χ2v) is 4.14. The van der Waals surface area contributed by atoms with Crippen LogP contribution >= 0.6 is 34.8 Å². The van der Waals surface area contributed by atoms with E-state index in [2.05, 4.69) is 25.3 Å². The van der Waals surface area contributed by atoms with Crippen molar-refractivity contribution in [2.24, 2.45) is 0 Å². The molecule has 92 valence electrons. The SMILES string of the molecule is O=C(Nc1cc(Cl)nc(Cl)n1)c1cnc(Cl)cn1. The molecule has 0 spiro atoms. The average molecular weight is 305 g/mol. The maximum atomic E-state index is 11.7. The molecule has 9 heteroatoms. The third kappa shape index (κ3) is 3.25. The Hall–Kier alpha value is -1.50. The van der Waals surface area contributed by atoms with Crippen molar-refractivity contribution in [3.05, 3.63) is 39.7 Å². The second kappa shape index (κ2) is 5.43. The van der Waals surface area contributed by atoms with E-state index in [4.69, 9.17) is 34.8 Å². The van der Waals surface area contributed by atoms with Crippen LogP contribution in [0.15, 0.2) is 18.5 Å². The zero-order valence-electron chi connectivity index (χ0n) is 8.56. The van der Waals surface area contributed by atoms with Crippen LogP contribution in [0.3, 0.4) is 0 Å². The summed E-state index contributed by atoms with van der Waals surface area (Å²) in [6.07, 6.45) is 2.50. The smallest absolute Gasteiger partial charge is 0.277 e. The van der Waals surface area contributed by atoms with E-state index in [1.807, 2.05) is 0 Å². The van der Waals surface area contributed by atoms with Crippen LogP contribution < -0.4 is 5.32 Å². The van der Waals surface area contributed by atoms with Gasteiger partial charge in [0, 0.05) is 6.07 Å². The predicted molar refractivity (Wildman–Crippen MR) is 67.0 cm³/mol. The van der Waals surface area contributed by atoms with Gasteiger partial charge in [-0.3, -0.25) is 4.79 Å². The first kappa shape index (κ1) is 12.9. The largest absolute Gasteiger partial charge is 0.305 e. The molecular weight excluding hydrogens is 300 g/mol. The lowest BCUT2D eigenvalue weighted by Crippen LogP contribution is -2.15. The summed E-state index contributed by atoms with van der Waals surface area (Å²) in [5, 5.41) is 2.70. The van der Waals surface area contributed by atoms with E-state index in [1.54, 1.807) is 0 Å². The van der Waals surface area contributed by atoms with Crippen molar-refractivity contribution in [2.75, 3.05) is 5.32 Å². The zero-order chi connectivity index (χ0) is 13.1. The van der Waals surface area contributed by atoms with Crippen molar-refractivity contribution in [1.29, 1.82) is 0 Å². The van der Waals surface area contributed by atoms with Gasteiger partial charge in [0.2, 0.25) is 5.28 Å². The minimum Gasteiger partial charge on any atom is -0.305 e. The molecule has 1 N–H and O–H groups in total. The molecule has 0 unspecified atom stereocenters. The van der Waals surface area contributed by atoms with Crippen molar-refractivity contribution in [1.82, 2.24) is 19.9 Å². The monoisotopic (exact) mass is 303 g/mol. The van der Waals surface area contributed by atoms with Crippen LogP contribution in [0, 0.1) is 0 Å². The molecule has 0 saturated carbocycles. The van der Waals surface area contributed by atoms with E-state index in [0.717, 1.165) is 0 Å². The molecule has 18 heavy (non-hydrogen) atoms. The number of hydrogen-bond acceptors (Lipinski definition) is 5. The van der Waals surface area contributed by atoms with Gasteiger partial charge in [0.15, 0.2) is 0 Å². The van der Waals surface area contributed by atoms with Crippen molar-refractivity contribution >= 4 is 46.5 Å². The Bertz CT molecular complexity index is 569. The maximum Gasteiger partial charge on any atom is 0.277 e. The highest BCUT2D eigenvalue weighted by molar-refractivity contribution is 6.32. The van der Waals surface area contributed by atoms with Crippen LogP contribution in [-0.4, -0.2) is 25.8 Å². The normalized spacial score (nSPS) is 10.2. The first-order valence-electron chi connectivity index (χ1n) is 4.53. The number of aromatic nitrogens is 4. The lowest BCUT2D eigenvalue weighted by Gasteiger charge is -2.03. The molecule has 2 aromatic heterocycles. The highest BCUT2D eigenvalue weighted by Gasteiger charge is 2.10. The molecule has 0 fully saturated rings. The fraction of sp³-hybridized carbons (Fsp3) is 0. The number of amides is 1. The van der Waals surface area contributed by atoms with Gasteiger partial charge in [-0.1, -0.05) is 23.2 Å². The second-order valence-electron chi connectivity index (χ2n) is 3.02. The fourth-order valence-corrected chi connectivity index (χ4v) is 1.57. The van der Waals surface area contributed by atoms with E-state index in [0.29, 0.717) is 0 Å². The lowest BCUT2D eigenvalue weighted by atomic mass is 10.4. The molecule has 2 aromatic rings. The Morgan fingerprint density at radius 2 is 1.83 bits per heavy atom. The molecule has 2 heterocycles. The Morgan fingerprint density at radius 3 is 2.44 bits per heavy atom. The molecule has 0 aromatic carbocycles.